The van der Waals surface area contributed by atoms with Gasteiger partial charge in [-0.15, -0.1) is 0 Å². The van der Waals surface area contributed by atoms with Gasteiger partial charge in [-0.05, 0) is 43.9 Å². The Morgan fingerprint density at radius 1 is 1.29 bits per heavy atom. The number of nitrogens with two attached hydrogens (primary N) is 1. The molecule has 0 saturated carbocycles. The second-order valence-corrected chi connectivity index (χ2v) is 5.76. The van der Waals surface area contributed by atoms with E-state index in [1.54, 1.807) is 0 Å². The van der Waals surface area contributed by atoms with Crippen molar-refractivity contribution >= 4 is 17.3 Å². The molecule has 4 nitrogen and oxygen atoms in total. The molecule has 0 atom stereocenters. The lowest BCUT2D eigenvalue weighted by atomic mass is 10.1. The molecule has 1 aromatic rings. The van der Waals surface area contributed by atoms with Crippen LogP contribution in [0.3, 0.4) is 0 Å². The first-order valence-corrected chi connectivity index (χ1v) is 7.87. The lowest BCUT2D eigenvalue weighted by Crippen LogP contribution is -2.27. The zero-order chi connectivity index (χ0) is 15.8. The molecule has 1 aromatic carbocycles. The van der Waals surface area contributed by atoms with Crippen molar-refractivity contribution in [1.29, 1.82) is 0 Å². The molecule has 0 aliphatic rings. The predicted molar refractivity (Wildman–Crippen MR) is 90.6 cm³/mol. The van der Waals surface area contributed by atoms with Crippen LogP contribution >= 0.6 is 0 Å². The van der Waals surface area contributed by atoms with E-state index in [1.165, 1.54) is 0 Å². The number of nitrogen functional groups attached to an aromatic ring is 1. The monoisotopic (exact) mass is 291 g/mol. The number of nitrogens with one attached hydrogen (secondary N) is 1. The zero-order valence-electron chi connectivity index (χ0n) is 13.8. The van der Waals surface area contributed by atoms with Gasteiger partial charge >= 0.3 is 0 Å². The van der Waals surface area contributed by atoms with Gasteiger partial charge in [0.05, 0.1) is 11.4 Å². The van der Waals surface area contributed by atoms with Gasteiger partial charge in [-0.1, -0.05) is 19.9 Å². The van der Waals surface area contributed by atoms with Crippen molar-refractivity contribution in [2.75, 3.05) is 30.3 Å². The lowest BCUT2D eigenvalue weighted by Gasteiger charge is -2.23. The average Bonchev–Trinajstić information content (AvgIpc) is 2.46. The quantitative estimate of drug-likeness (QED) is 0.724. The van der Waals surface area contributed by atoms with Crippen LogP contribution in [-0.2, 0) is 11.2 Å². The molecule has 0 radical (unpaired) electrons. The Kier molecular flexibility index (Phi) is 7.06. The standard InChI is InChI=1S/C17H29N3O/c1-5-20(6-2)16-9-7-14(11-15(16)18)8-10-17(21)19-12-13(3)4/h7,9,11,13H,5-6,8,10,12,18H2,1-4H3,(H,19,21). The Hall–Kier alpha value is -1.71. The molecule has 0 saturated heterocycles. The molecule has 0 fully saturated rings. The van der Waals surface area contributed by atoms with Crippen molar-refractivity contribution in [3.05, 3.63) is 23.8 Å². The molecular weight excluding hydrogens is 262 g/mol. The molecule has 0 unspecified atom stereocenters. The first-order chi connectivity index (χ1) is 9.97. The van der Waals surface area contributed by atoms with E-state index in [2.05, 4.69) is 50.0 Å². The van der Waals surface area contributed by atoms with Gasteiger partial charge in [0.15, 0.2) is 0 Å². The third kappa shape index (κ3) is 5.66. The van der Waals surface area contributed by atoms with Gasteiger partial charge < -0.3 is 16.0 Å². The molecule has 0 aliphatic heterocycles. The van der Waals surface area contributed by atoms with Gasteiger partial charge in [0.2, 0.25) is 5.91 Å². The summed E-state index contributed by atoms with van der Waals surface area (Å²) >= 11 is 0. The largest absolute Gasteiger partial charge is 0.397 e. The summed E-state index contributed by atoms with van der Waals surface area (Å²) in [7, 11) is 0. The van der Waals surface area contributed by atoms with E-state index in [0.29, 0.717) is 12.3 Å². The first-order valence-electron chi connectivity index (χ1n) is 7.87. The number of rotatable bonds is 8. The molecule has 21 heavy (non-hydrogen) atoms. The van der Waals surface area contributed by atoms with Crippen molar-refractivity contribution in [1.82, 2.24) is 5.32 Å². The molecule has 3 N–H and O–H groups in total. The summed E-state index contributed by atoms with van der Waals surface area (Å²) in [6, 6.07) is 6.12. The maximum Gasteiger partial charge on any atom is 0.220 e. The minimum Gasteiger partial charge on any atom is -0.397 e. The molecule has 118 valence electrons. The summed E-state index contributed by atoms with van der Waals surface area (Å²) in [5.41, 5.74) is 9.12. The number of amides is 1. The van der Waals surface area contributed by atoms with Crippen LogP contribution in [0.25, 0.3) is 0 Å². The number of hydrogen-bond acceptors (Lipinski definition) is 3. The van der Waals surface area contributed by atoms with Crippen LogP contribution in [0.15, 0.2) is 18.2 Å². The molecule has 0 spiro atoms. The minimum atomic E-state index is 0.107. The number of carbonyl (C=O) groups excluding carboxylic acids is 1. The van der Waals surface area contributed by atoms with Crippen LogP contribution < -0.4 is 16.0 Å². The summed E-state index contributed by atoms with van der Waals surface area (Å²) in [6.07, 6.45) is 1.24. The highest BCUT2D eigenvalue weighted by Gasteiger charge is 2.08. The zero-order valence-corrected chi connectivity index (χ0v) is 13.8. The SMILES string of the molecule is CCN(CC)c1ccc(CCC(=O)NCC(C)C)cc1N. The van der Waals surface area contributed by atoms with E-state index in [4.69, 9.17) is 5.73 Å². The summed E-state index contributed by atoms with van der Waals surface area (Å²) < 4.78 is 0. The smallest absolute Gasteiger partial charge is 0.220 e. The van der Waals surface area contributed by atoms with E-state index in [-0.39, 0.29) is 5.91 Å². The number of anilines is 2. The van der Waals surface area contributed by atoms with Gasteiger partial charge in [0.25, 0.3) is 0 Å². The van der Waals surface area contributed by atoms with Crippen molar-refractivity contribution in [3.8, 4) is 0 Å². The number of hydrogen-bond donors (Lipinski definition) is 2. The third-order valence-electron chi connectivity index (χ3n) is 3.54. The molecular formula is C17H29N3O. The topological polar surface area (TPSA) is 58.4 Å². The van der Waals surface area contributed by atoms with Crippen molar-refractivity contribution in [3.63, 3.8) is 0 Å². The molecule has 1 amide bonds. The van der Waals surface area contributed by atoms with E-state index >= 15 is 0 Å². The van der Waals surface area contributed by atoms with Gasteiger partial charge in [-0.25, -0.2) is 0 Å². The number of carbonyl (C=O) groups is 1. The Bertz CT molecular complexity index is 453. The molecule has 0 bridgehead atoms. The fraction of sp³-hybridized carbons (Fsp3) is 0.588. The number of nitrogens with zero attached hydrogens (tertiary/aromatic N) is 1. The second kappa shape index (κ2) is 8.55. The Morgan fingerprint density at radius 2 is 1.95 bits per heavy atom. The third-order valence-corrected chi connectivity index (χ3v) is 3.54. The van der Waals surface area contributed by atoms with Gasteiger partial charge in [0, 0.05) is 26.1 Å². The molecule has 4 heteroatoms. The van der Waals surface area contributed by atoms with E-state index in [1.807, 2.05) is 6.07 Å². The lowest BCUT2D eigenvalue weighted by molar-refractivity contribution is -0.121. The van der Waals surface area contributed by atoms with Crippen molar-refractivity contribution in [2.24, 2.45) is 5.92 Å². The normalized spacial score (nSPS) is 10.7. The van der Waals surface area contributed by atoms with Crippen molar-refractivity contribution in [2.45, 2.75) is 40.5 Å². The molecule has 0 aliphatic carbocycles. The molecule has 0 heterocycles. The maximum atomic E-state index is 11.7. The maximum absolute atomic E-state index is 11.7. The van der Waals surface area contributed by atoms with Crippen LogP contribution in [0.1, 0.15) is 39.7 Å². The highest BCUT2D eigenvalue weighted by atomic mass is 16.1. The number of aryl methyl sites for hydroxylation is 1. The molecule has 1 rings (SSSR count). The highest BCUT2D eigenvalue weighted by molar-refractivity contribution is 5.76. The van der Waals surface area contributed by atoms with Crippen molar-refractivity contribution < 1.29 is 4.79 Å². The Morgan fingerprint density at radius 3 is 2.48 bits per heavy atom. The summed E-state index contributed by atoms with van der Waals surface area (Å²) in [5.74, 6) is 0.591. The first kappa shape index (κ1) is 17.3. The average molecular weight is 291 g/mol. The van der Waals surface area contributed by atoms with Gasteiger partial charge in [-0.2, -0.15) is 0 Å². The van der Waals surface area contributed by atoms with Crippen LogP contribution in [0, 0.1) is 5.92 Å². The van der Waals surface area contributed by atoms with Crippen LogP contribution in [0.4, 0.5) is 11.4 Å². The Labute approximate surface area is 128 Å². The summed E-state index contributed by atoms with van der Waals surface area (Å²) in [5, 5.41) is 2.94. The summed E-state index contributed by atoms with van der Waals surface area (Å²) in [6.45, 7) is 11.0. The van der Waals surface area contributed by atoms with E-state index < -0.39 is 0 Å². The number of benzene rings is 1. The van der Waals surface area contributed by atoms with Gasteiger partial charge in [-0.3, -0.25) is 4.79 Å². The fourth-order valence-electron chi connectivity index (χ4n) is 2.28. The van der Waals surface area contributed by atoms with E-state index in [0.717, 1.165) is 43.0 Å². The second-order valence-electron chi connectivity index (χ2n) is 5.76. The van der Waals surface area contributed by atoms with Crippen LogP contribution in [0.2, 0.25) is 0 Å². The minimum absolute atomic E-state index is 0.107. The fourth-order valence-corrected chi connectivity index (χ4v) is 2.28. The summed E-state index contributed by atoms with van der Waals surface area (Å²) in [4.78, 5) is 14.0. The van der Waals surface area contributed by atoms with E-state index in [9.17, 15) is 4.79 Å². The highest BCUT2D eigenvalue weighted by Crippen LogP contribution is 2.24. The molecule has 0 aromatic heterocycles. The van der Waals surface area contributed by atoms with Crippen LogP contribution in [0.5, 0.6) is 0 Å². The predicted octanol–water partition coefficient (Wildman–Crippen LogP) is 2.82. The van der Waals surface area contributed by atoms with Crippen LogP contribution in [-0.4, -0.2) is 25.5 Å². The van der Waals surface area contributed by atoms with Gasteiger partial charge in [0.1, 0.15) is 0 Å². The Balaban J connectivity index is 2.58.